The molecule has 3 rings (SSSR count). The van der Waals surface area contributed by atoms with Crippen LogP contribution in [0.25, 0.3) is 0 Å². The van der Waals surface area contributed by atoms with Gasteiger partial charge in [0.25, 0.3) is 11.8 Å². The van der Waals surface area contributed by atoms with Crippen LogP contribution in [0.2, 0.25) is 0 Å². The number of nitrogens with zero attached hydrogens (tertiary/aromatic N) is 1. The molecule has 0 aliphatic carbocycles. The smallest absolute Gasteiger partial charge is 0.307 e. The summed E-state index contributed by atoms with van der Waals surface area (Å²) in [5.74, 6) is -0.487. The van der Waals surface area contributed by atoms with Gasteiger partial charge in [0.2, 0.25) is 0 Å². The summed E-state index contributed by atoms with van der Waals surface area (Å²) in [5.41, 5.74) is 1.92. The Bertz CT molecular complexity index is 826. The summed E-state index contributed by atoms with van der Waals surface area (Å²) in [6.45, 7) is 2.42. The molecule has 0 spiro atoms. The maximum Gasteiger partial charge on any atom is 0.307 e. The van der Waals surface area contributed by atoms with Crippen molar-refractivity contribution in [2.75, 3.05) is 19.8 Å². The molecule has 6 nitrogen and oxygen atoms in total. The average molecular weight is 367 g/mol. The molecule has 0 unspecified atom stereocenters. The predicted octanol–water partition coefficient (Wildman–Crippen LogP) is 2.86. The SMILES string of the molecule is CCc1cccc(OCCOC(=O)CCN2C(=O)c3ccccc3C2=O)c1. The minimum atomic E-state index is -0.475. The Morgan fingerprint density at radius 1 is 0.963 bits per heavy atom. The van der Waals surface area contributed by atoms with Crippen LogP contribution >= 0.6 is 0 Å². The van der Waals surface area contributed by atoms with Gasteiger partial charge in [-0.15, -0.1) is 0 Å². The van der Waals surface area contributed by atoms with E-state index in [-0.39, 0.29) is 38.0 Å². The van der Waals surface area contributed by atoms with Crippen LogP contribution in [0.15, 0.2) is 48.5 Å². The Kier molecular flexibility index (Phi) is 5.86. The van der Waals surface area contributed by atoms with Gasteiger partial charge in [0, 0.05) is 6.54 Å². The molecule has 2 aromatic rings. The van der Waals surface area contributed by atoms with Crippen LogP contribution < -0.4 is 4.74 Å². The highest BCUT2D eigenvalue weighted by Crippen LogP contribution is 2.22. The van der Waals surface area contributed by atoms with Crippen molar-refractivity contribution < 1.29 is 23.9 Å². The molecule has 0 N–H and O–H groups in total. The second kappa shape index (κ2) is 8.49. The maximum atomic E-state index is 12.2. The van der Waals surface area contributed by atoms with Gasteiger partial charge in [-0.3, -0.25) is 19.3 Å². The molecule has 0 aromatic heterocycles. The second-order valence-electron chi connectivity index (χ2n) is 6.13. The van der Waals surface area contributed by atoms with Crippen molar-refractivity contribution in [2.45, 2.75) is 19.8 Å². The first-order valence-electron chi connectivity index (χ1n) is 8.92. The minimum Gasteiger partial charge on any atom is -0.490 e. The van der Waals surface area contributed by atoms with Gasteiger partial charge >= 0.3 is 5.97 Å². The summed E-state index contributed by atoms with van der Waals surface area (Å²) >= 11 is 0. The van der Waals surface area contributed by atoms with E-state index in [1.54, 1.807) is 24.3 Å². The van der Waals surface area contributed by atoms with E-state index < -0.39 is 5.97 Å². The number of amides is 2. The van der Waals surface area contributed by atoms with Crippen molar-refractivity contribution in [3.8, 4) is 5.75 Å². The molecule has 0 bridgehead atoms. The molecule has 0 atom stereocenters. The largest absolute Gasteiger partial charge is 0.490 e. The molecule has 0 saturated heterocycles. The number of aryl methyl sites for hydroxylation is 1. The summed E-state index contributed by atoms with van der Waals surface area (Å²) in [5, 5.41) is 0. The van der Waals surface area contributed by atoms with Gasteiger partial charge in [-0.25, -0.2) is 0 Å². The van der Waals surface area contributed by atoms with Crippen LogP contribution in [0.4, 0.5) is 0 Å². The number of ether oxygens (including phenoxy) is 2. The molecule has 27 heavy (non-hydrogen) atoms. The van der Waals surface area contributed by atoms with Crippen LogP contribution in [-0.4, -0.2) is 42.4 Å². The van der Waals surface area contributed by atoms with Gasteiger partial charge < -0.3 is 9.47 Å². The average Bonchev–Trinajstić information content (AvgIpc) is 2.94. The highest BCUT2D eigenvalue weighted by Gasteiger charge is 2.35. The van der Waals surface area contributed by atoms with Crippen molar-refractivity contribution in [2.24, 2.45) is 0 Å². The lowest BCUT2D eigenvalue weighted by Crippen LogP contribution is -2.32. The first-order chi connectivity index (χ1) is 13.1. The topological polar surface area (TPSA) is 72.9 Å². The number of rotatable bonds is 8. The molecule has 6 heteroatoms. The van der Waals surface area contributed by atoms with Crippen LogP contribution in [0.3, 0.4) is 0 Å². The van der Waals surface area contributed by atoms with Crippen molar-refractivity contribution in [1.29, 1.82) is 0 Å². The monoisotopic (exact) mass is 367 g/mol. The predicted molar refractivity (Wildman–Crippen MR) is 98.7 cm³/mol. The van der Waals surface area contributed by atoms with Crippen molar-refractivity contribution in [3.05, 3.63) is 65.2 Å². The lowest BCUT2D eigenvalue weighted by molar-refractivity contribution is -0.144. The quantitative estimate of drug-likeness (QED) is 0.408. The lowest BCUT2D eigenvalue weighted by Gasteiger charge is -2.13. The fraction of sp³-hybridized carbons (Fsp3) is 0.286. The summed E-state index contributed by atoms with van der Waals surface area (Å²) in [4.78, 5) is 37.4. The Labute approximate surface area is 157 Å². The van der Waals surface area contributed by atoms with E-state index >= 15 is 0 Å². The lowest BCUT2D eigenvalue weighted by atomic mass is 10.1. The van der Waals surface area contributed by atoms with E-state index in [0.717, 1.165) is 17.1 Å². The number of fused-ring (bicyclic) bond motifs is 1. The van der Waals surface area contributed by atoms with Crippen LogP contribution in [-0.2, 0) is 16.0 Å². The number of hydrogen-bond acceptors (Lipinski definition) is 5. The van der Waals surface area contributed by atoms with Gasteiger partial charge in [0.15, 0.2) is 0 Å². The maximum absolute atomic E-state index is 12.2. The van der Waals surface area contributed by atoms with Gasteiger partial charge in [-0.2, -0.15) is 0 Å². The molecule has 1 aliphatic rings. The van der Waals surface area contributed by atoms with Crippen LogP contribution in [0, 0.1) is 0 Å². The third kappa shape index (κ3) is 4.34. The molecule has 0 fully saturated rings. The zero-order valence-corrected chi connectivity index (χ0v) is 15.1. The molecule has 2 aromatic carbocycles. The Balaban J connectivity index is 1.40. The summed E-state index contributed by atoms with van der Waals surface area (Å²) in [6.07, 6.45) is 0.876. The van der Waals surface area contributed by atoms with Gasteiger partial charge in [0.1, 0.15) is 19.0 Å². The fourth-order valence-corrected chi connectivity index (χ4v) is 2.89. The van der Waals surface area contributed by atoms with Crippen molar-refractivity contribution in [3.63, 3.8) is 0 Å². The van der Waals surface area contributed by atoms with E-state index in [0.29, 0.717) is 11.1 Å². The third-order valence-electron chi connectivity index (χ3n) is 4.34. The summed E-state index contributed by atoms with van der Waals surface area (Å²) in [7, 11) is 0. The van der Waals surface area contributed by atoms with E-state index in [2.05, 4.69) is 6.92 Å². The third-order valence-corrected chi connectivity index (χ3v) is 4.34. The Morgan fingerprint density at radius 3 is 2.33 bits per heavy atom. The van der Waals surface area contributed by atoms with Crippen LogP contribution in [0.5, 0.6) is 5.75 Å². The van der Waals surface area contributed by atoms with Gasteiger partial charge in [-0.05, 0) is 36.2 Å². The minimum absolute atomic E-state index is 0.00455. The first kappa shape index (κ1) is 18.6. The zero-order valence-electron chi connectivity index (χ0n) is 15.1. The molecule has 2 amide bonds. The van der Waals surface area contributed by atoms with E-state index in [4.69, 9.17) is 9.47 Å². The number of carbonyl (C=O) groups excluding carboxylic acids is 3. The zero-order chi connectivity index (χ0) is 19.2. The normalized spacial score (nSPS) is 12.9. The van der Waals surface area contributed by atoms with Gasteiger partial charge in [-0.1, -0.05) is 31.2 Å². The van der Waals surface area contributed by atoms with Crippen molar-refractivity contribution >= 4 is 17.8 Å². The van der Waals surface area contributed by atoms with Gasteiger partial charge in [0.05, 0.1) is 17.5 Å². The molecular weight excluding hydrogens is 346 g/mol. The van der Waals surface area contributed by atoms with E-state index in [1.165, 1.54) is 5.56 Å². The molecule has 1 heterocycles. The van der Waals surface area contributed by atoms with E-state index in [9.17, 15) is 14.4 Å². The summed E-state index contributed by atoms with van der Waals surface area (Å²) < 4.78 is 10.7. The molecule has 1 aliphatic heterocycles. The molecule has 0 saturated carbocycles. The standard InChI is InChI=1S/C21H21NO5/c1-2-15-6-5-7-16(14-15)26-12-13-27-19(23)10-11-22-20(24)17-8-3-4-9-18(17)21(22)25/h3-9,14H,2,10-13H2,1H3. The number of benzene rings is 2. The number of carbonyl (C=O) groups is 3. The first-order valence-corrected chi connectivity index (χ1v) is 8.92. The molecule has 140 valence electrons. The highest BCUT2D eigenvalue weighted by atomic mass is 16.6. The Morgan fingerprint density at radius 2 is 1.67 bits per heavy atom. The number of esters is 1. The van der Waals surface area contributed by atoms with Crippen molar-refractivity contribution in [1.82, 2.24) is 4.90 Å². The molecular formula is C21H21NO5. The second-order valence-corrected chi connectivity index (χ2v) is 6.13. The Hall–Kier alpha value is -3.15. The molecule has 0 radical (unpaired) electrons. The summed E-state index contributed by atoms with van der Waals surface area (Å²) in [6, 6.07) is 14.4. The number of imide groups is 1. The van der Waals surface area contributed by atoms with Crippen LogP contribution in [0.1, 0.15) is 39.6 Å². The van der Waals surface area contributed by atoms with E-state index in [1.807, 2.05) is 24.3 Å². The number of hydrogen-bond donors (Lipinski definition) is 0. The highest BCUT2D eigenvalue weighted by molar-refractivity contribution is 6.21. The fourth-order valence-electron chi connectivity index (χ4n) is 2.89.